The van der Waals surface area contributed by atoms with E-state index in [9.17, 15) is 0 Å². The molecule has 0 atom stereocenters. The minimum Gasteiger partial charge on any atom is -0.0991 e. The molecule has 0 aromatic rings. The maximum atomic E-state index is 3.60. The maximum Gasteiger partial charge on any atom is -0.0348 e. The summed E-state index contributed by atoms with van der Waals surface area (Å²) in [6.07, 6.45) is 13.3. The normalized spacial score (nSPS) is 10.5. The molecule has 0 heteroatoms. The van der Waals surface area contributed by atoms with E-state index in [4.69, 9.17) is 0 Å². The molecule has 0 heterocycles. The highest BCUT2D eigenvalue weighted by atomic mass is 13.9. The molecule has 0 amide bonds. The summed E-state index contributed by atoms with van der Waals surface area (Å²) in [5.74, 6) is 0. The van der Waals surface area contributed by atoms with Crippen molar-refractivity contribution in [2.24, 2.45) is 0 Å². The summed E-state index contributed by atoms with van der Waals surface area (Å²) in [6, 6.07) is 0. The Morgan fingerprint density at radius 1 is 1.20 bits per heavy atom. The van der Waals surface area contributed by atoms with Gasteiger partial charge in [0.15, 0.2) is 0 Å². The highest BCUT2D eigenvalue weighted by Crippen LogP contribution is 2.01. The fraction of sp³-hybridized carbons (Fsp3) is 0.500. The third-order valence-corrected chi connectivity index (χ3v) is 1.39. The molecule has 0 aliphatic heterocycles. The summed E-state index contributed by atoms with van der Waals surface area (Å²) in [5, 5.41) is 0. The van der Waals surface area contributed by atoms with Crippen LogP contribution in [0.2, 0.25) is 0 Å². The molecule has 0 bridgehead atoms. The Hall–Kier alpha value is -0.520. The lowest BCUT2D eigenvalue weighted by molar-refractivity contribution is 0.739. The van der Waals surface area contributed by atoms with Crippen molar-refractivity contribution in [2.75, 3.05) is 0 Å². The first-order valence-electron chi connectivity index (χ1n) is 3.97. The van der Waals surface area contributed by atoms with Gasteiger partial charge in [-0.3, -0.25) is 0 Å². The van der Waals surface area contributed by atoms with Crippen LogP contribution in [0.5, 0.6) is 0 Å². The second kappa shape index (κ2) is 8.48. The number of allylic oxidation sites excluding steroid dienone is 3. The molecule has 1 radical (unpaired) electrons. The smallest absolute Gasteiger partial charge is 0.0348 e. The van der Waals surface area contributed by atoms with Crippen molar-refractivity contribution in [1.82, 2.24) is 0 Å². The number of unbranched alkanes of at least 4 members (excludes halogenated alkanes) is 4. The van der Waals surface area contributed by atoms with E-state index < -0.39 is 0 Å². The van der Waals surface area contributed by atoms with E-state index in [2.05, 4.69) is 26.0 Å². The minimum atomic E-state index is 1.19. The summed E-state index contributed by atoms with van der Waals surface area (Å²) < 4.78 is 0. The molecule has 0 aliphatic carbocycles. The van der Waals surface area contributed by atoms with Gasteiger partial charge in [0.05, 0.1) is 0 Å². The van der Waals surface area contributed by atoms with Crippen molar-refractivity contribution in [3.05, 3.63) is 31.2 Å². The first-order chi connectivity index (χ1) is 4.91. The van der Waals surface area contributed by atoms with E-state index in [1.54, 1.807) is 0 Å². The van der Waals surface area contributed by atoms with Gasteiger partial charge in [0, 0.05) is 0 Å². The molecule has 0 saturated carbocycles. The van der Waals surface area contributed by atoms with Gasteiger partial charge in [0.25, 0.3) is 0 Å². The van der Waals surface area contributed by atoms with Gasteiger partial charge in [-0.25, -0.2) is 0 Å². The zero-order valence-corrected chi connectivity index (χ0v) is 6.84. The molecule has 0 nitrogen and oxygen atoms in total. The van der Waals surface area contributed by atoms with Crippen molar-refractivity contribution in [1.29, 1.82) is 0 Å². The summed E-state index contributed by atoms with van der Waals surface area (Å²) >= 11 is 0. The summed E-state index contributed by atoms with van der Waals surface area (Å²) in [5.41, 5.74) is 0. The Morgan fingerprint density at radius 2 is 1.90 bits per heavy atom. The highest BCUT2D eigenvalue weighted by Gasteiger charge is 1.82. The standard InChI is InChI=1S/C10H17/c1-3-5-7-9-10-8-6-4-2/h3-5,7H,1,6,8-10H2,2H3/b7-5+. The molecular formula is C10H17. The second-order valence-corrected chi connectivity index (χ2v) is 2.36. The van der Waals surface area contributed by atoms with Crippen molar-refractivity contribution >= 4 is 0 Å². The highest BCUT2D eigenvalue weighted by molar-refractivity contribution is 4.96. The average molecular weight is 137 g/mol. The van der Waals surface area contributed by atoms with Crippen LogP contribution in [0, 0.1) is 6.42 Å². The molecule has 0 aromatic heterocycles. The van der Waals surface area contributed by atoms with Crippen LogP contribution in [0.4, 0.5) is 0 Å². The Kier molecular flexibility index (Phi) is 8.04. The zero-order chi connectivity index (χ0) is 7.66. The first kappa shape index (κ1) is 9.48. The zero-order valence-electron chi connectivity index (χ0n) is 6.84. The Labute approximate surface area is 64.6 Å². The Morgan fingerprint density at radius 3 is 2.50 bits per heavy atom. The van der Waals surface area contributed by atoms with E-state index in [1.165, 1.54) is 25.7 Å². The van der Waals surface area contributed by atoms with E-state index in [0.717, 1.165) is 0 Å². The second-order valence-electron chi connectivity index (χ2n) is 2.36. The SMILES string of the molecule is C=C/C=C/CCCC[CH]C. The quantitative estimate of drug-likeness (QED) is 0.388. The fourth-order valence-corrected chi connectivity index (χ4v) is 0.803. The van der Waals surface area contributed by atoms with Crippen molar-refractivity contribution in [3.8, 4) is 0 Å². The van der Waals surface area contributed by atoms with Crippen LogP contribution in [0.3, 0.4) is 0 Å². The van der Waals surface area contributed by atoms with Crippen LogP contribution < -0.4 is 0 Å². The molecule has 10 heavy (non-hydrogen) atoms. The molecule has 0 spiro atoms. The monoisotopic (exact) mass is 137 g/mol. The van der Waals surface area contributed by atoms with Crippen LogP contribution in [0.25, 0.3) is 0 Å². The average Bonchev–Trinajstić information content (AvgIpc) is 1.97. The van der Waals surface area contributed by atoms with Gasteiger partial charge in [-0.1, -0.05) is 44.6 Å². The van der Waals surface area contributed by atoms with Crippen molar-refractivity contribution in [2.45, 2.75) is 32.6 Å². The largest absolute Gasteiger partial charge is 0.0991 e. The van der Waals surface area contributed by atoms with E-state index in [0.29, 0.717) is 0 Å². The fourth-order valence-electron chi connectivity index (χ4n) is 0.803. The van der Waals surface area contributed by atoms with Crippen molar-refractivity contribution in [3.63, 3.8) is 0 Å². The number of hydrogen-bond acceptors (Lipinski definition) is 0. The van der Waals surface area contributed by atoms with E-state index in [-0.39, 0.29) is 0 Å². The van der Waals surface area contributed by atoms with Crippen LogP contribution in [-0.4, -0.2) is 0 Å². The summed E-state index contributed by atoms with van der Waals surface area (Å²) in [4.78, 5) is 0. The van der Waals surface area contributed by atoms with E-state index >= 15 is 0 Å². The topological polar surface area (TPSA) is 0 Å². The Balaban J connectivity index is 2.90. The Bertz CT molecular complexity index is 90.2. The molecule has 0 aliphatic rings. The number of hydrogen-bond donors (Lipinski definition) is 0. The van der Waals surface area contributed by atoms with Gasteiger partial charge < -0.3 is 0 Å². The molecule has 0 rings (SSSR count). The number of rotatable bonds is 6. The minimum absolute atomic E-state index is 1.19. The van der Waals surface area contributed by atoms with Crippen LogP contribution >= 0.6 is 0 Å². The first-order valence-corrected chi connectivity index (χ1v) is 3.97. The maximum absolute atomic E-state index is 3.60. The van der Waals surface area contributed by atoms with E-state index in [1.807, 2.05) is 12.2 Å². The molecular weight excluding hydrogens is 120 g/mol. The lowest BCUT2D eigenvalue weighted by Gasteiger charge is -1.92. The van der Waals surface area contributed by atoms with Gasteiger partial charge >= 0.3 is 0 Å². The van der Waals surface area contributed by atoms with Gasteiger partial charge in [-0.2, -0.15) is 0 Å². The predicted octanol–water partition coefficient (Wildman–Crippen LogP) is 3.51. The molecule has 0 fully saturated rings. The van der Waals surface area contributed by atoms with Crippen LogP contribution in [0.1, 0.15) is 32.6 Å². The molecule has 0 N–H and O–H groups in total. The molecule has 0 aromatic carbocycles. The van der Waals surface area contributed by atoms with Crippen molar-refractivity contribution < 1.29 is 0 Å². The summed E-state index contributed by atoms with van der Waals surface area (Å²) in [7, 11) is 0. The van der Waals surface area contributed by atoms with Crippen LogP contribution in [-0.2, 0) is 0 Å². The van der Waals surface area contributed by atoms with Gasteiger partial charge in [0.1, 0.15) is 0 Å². The molecule has 0 saturated heterocycles. The van der Waals surface area contributed by atoms with Crippen LogP contribution in [0.15, 0.2) is 24.8 Å². The third kappa shape index (κ3) is 7.48. The summed E-state index contributed by atoms with van der Waals surface area (Å²) in [6.45, 7) is 5.71. The van der Waals surface area contributed by atoms with Gasteiger partial charge in [-0.05, 0) is 19.3 Å². The third-order valence-electron chi connectivity index (χ3n) is 1.39. The molecule has 57 valence electrons. The van der Waals surface area contributed by atoms with Gasteiger partial charge in [0.2, 0.25) is 0 Å². The lowest BCUT2D eigenvalue weighted by Crippen LogP contribution is -1.73. The molecule has 0 unspecified atom stereocenters. The van der Waals surface area contributed by atoms with Gasteiger partial charge in [-0.15, -0.1) is 0 Å². The lowest BCUT2D eigenvalue weighted by atomic mass is 10.1. The predicted molar refractivity (Wildman–Crippen MR) is 47.8 cm³/mol.